The lowest BCUT2D eigenvalue weighted by Crippen LogP contribution is -2.46. The molecule has 0 fully saturated rings. The lowest BCUT2D eigenvalue weighted by molar-refractivity contribution is -0.146. The Balaban J connectivity index is 2.11. The number of halogens is 1. The maximum Gasteiger partial charge on any atom is 0.316 e. The van der Waals surface area contributed by atoms with Crippen molar-refractivity contribution < 1.29 is 14.6 Å². The lowest BCUT2D eigenvalue weighted by atomic mass is 9.62. The molecule has 0 bridgehead atoms. The number of para-hydroxylation sites is 1. The molecule has 0 aliphatic rings. The molecule has 0 radical (unpaired) electrons. The van der Waals surface area contributed by atoms with Crippen molar-refractivity contribution in [1.82, 2.24) is 0 Å². The maximum atomic E-state index is 12.7. The third-order valence-electron chi connectivity index (χ3n) is 5.34. The van der Waals surface area contributed by atoms with Gasteiger partial charge in [-0.1, -0.05) is 67.9 Å². The number of ether oxygens (including phenoxy) is 1. The van der Waals surface area contributed by atoms with Crippen molar-refractivity contribution in [3.63, 3.8) is 0 Å². The van der Waals surface area contributed by atoms with E-state index < -0.39 is 17.3 Å². The van der Waals surface area contributed by atoms with Crippen LogP contribution in [0.25, 0.3) is 0 Å². The minimum Gasteiger partial charge on any atom is -0.481 e. The molecule has 0 heterocycles. The SMILES string of the molecule is CC(C)C(C(=O)O)(c1ccc(Cl)cc1)C(C#N)c1cccc(Oc2ccccc2)c1. The molecule has 0 saturated carbocycles. The Morgan fingerprint density at radius 3 is 2.20 bits per heavy atom. The van der Waals surface area contributed by atoms with E-state index in [2.05, 4.69) is 6.07 Å². The van der Waals surface area contributed by atoms with Gasteiger partial charge >= 0.3 is 5.97 Å². The zero-order chi connectivity index (χ0) is 21.7. The predicted molar refractivity (Wildman–Crippen MR) is 117 cm³/mol. The van der Waals surface area contributed by atoms with Crippen LogP contribution in [-0.4, -0.2) is 11.1 Å². The summed E-state index contributed by atoms with van der Waals surface area (Å²) in [6, 6.07) is 25.3. The number of carbonyl (C=O) groups is 1. The van der Waals surface area contributed by atoms with E-state index in [0.717, 1.165) is 0 Å². The second-order valence-electron chi connectivity index (χ2n) is 7.39. The molecule has 0 spiro atoms. The zero-order valence-electron chi connectivity index (χ0n) is 16.7. The van der Waals surface area contributed by atoms with E-state index in [4.69, 9.17) is 16.3 Å². The first kappa shape index (κ1) is 21.4. The Morgan fingerprint density at radius 2 is 1.63 bits per heavy atom. The van der Waals surface area contributed by atoms with Gasteiger partial charge in [-0.15, -0.1) is 0 Å². The van der Waals surface area contributed by atoms with Crippen LogP contribution in [0, 0.1) is 17.2 Å². The highest BCUT2D eigenvalue weighted by molar-refractivity contribution is 6.30. The molecule has 1 N–H and O–H groups in total. The third kappa shape index (κ3) is 4.03. The van der Waals surface area contributed by atoms with E-state index in [-0.39, 0.29) is 5.92 Å². The van der Waals surface area contributed by atoms with Crippen LogP contribution >= 0.6 is 11.6 Å². The summed E-state index contributed by atoms with van der Waals surface area (Å²) in [4.78, 5) is 12.7. The molecule has 152 valence electrons. The number of nitriles is 1. The molecule has 30 heavy (non-hydrogen) atoms. The number of hydrogen-bond acceptors (Lipinski definition) is 3. The van der Waals surface area contributed by atoms with E-state index in [1.165, 1.54) is 0 Å². The van der Waals surface area contributed by atoms with Gasteiger partial charge in [-0.05, 0) is 53.4 Å². The van der Waals surface area contributed by atoms with Gasteiger partial charge in [0.15, 0.2) is 0 Å². The second kappa shape index (κ2) is 9.02. The average Bonchev–Trinajstić information content (AvgIpc) is 2.73. The van der Waals surface area contributed by atoms with Crippen LogP contribution in [0.5, 0.6) is 11.5 Å². The summed E-state index contributed by atoms with van der Waals surface area (Å²) < 4.78 is 5.89. The summed E-state index contributed by atoms with van der Waals surface area (Å²) in [6.45, 7) is 3.63. The molecule has 0 aromatic heterocycles. The number of hydrogen-bond donors (Lipinski definition) is 1. The van der Waals surface area contributed by atoms with Crippen molar-refractivity contribution in [2.45, 2.75) is 25.2 Å². The van der Waals surface area contributed by atoms with E-state index in [0.29, 0.717) is 27.6 Å². The van der Waals surface area contributed by atoms with E-state index >= 15 is 0 Å². The van der Waals surface area contributed by atoms with Gasteiger partial charge in [0, 0.05) is 5.02 Å². The predicted octanol–water partition coefficient (Wildman–Crippen LogP) is 6.42. The van der Waals surface area contributed by atoms with Crippen LogP contribution in [0.1, 0.15) is 30.9 Å². The normalized spacial score (nSPS) is 13.8. The van der Waals surface area contributed by atoms with Crippen LogP contribution in [0.15, 0.2) is 78.9 Å². The summed E-state index contributed by atoms with van der Waals surface area (Å²) in [5, 5.41) is 21.0. The Labute approximate surface area is 181 Å². The summed E-state index contributed by atoms with van der Waals surface area (Å²) in [5.74, 6) is -1.15. The van der Waals surface area contributed by atoms with Crippen LogP contribution in [0.3, 0.4) is 0 Å². The first-order valence-electron chi connectivity index (χ1n) is 9.61. The van der Waals surface area contributed by atoms with Crippen molar-refractivity contribution >= 4 is 17.6 Å². The number of nitrogens with zero attached hydrogens (tertiary/aromatic N) is 1. The molecule has 0 aliphatic carbocycles. The first-order valence-corrected chi connectivity index (χ1v) is 9.99. The highest BCUT2D eigenvalue weighted by Gasteiger charge is 2.51. The Kier molecular flexibility index (Phi) is 6.44. The van der Waals surface area contributed by atoms with Gasteiger partial charge in [0.2, 0.25) is 0 Å². The van der Waals surface area contributed by atoms with Crippen LogP contribution in [-0.2, 0) is 10.2 Å². The van der Waals surface area contributed by atoms with Crippen molar-refractivity contribution in [3.05, 3.63) is 95.0 Å². The molecule has 3 rings (SSSR count). The topological polar surface area (TPSA) is 70.3 Å². The fraction of sp³-hybridized carbons (Fsp3) is 0.200. The molecule has 2 atom stereocenters. The molecule has 0 amide bonds. The number of benzene rings is 3. The van der Waals surface area contributed by atoms with Crippen molar-refractivity contribution in [2.75, 3.05) is 0 Å². The summed E-state index contributed by atoms with van der Waals surface area (Å²) in [5.41, 5.74) is -0.336. The molecule has 5 heteroatoms. The van der Waals surface area contributed by atoms with E-state index in [1.807, 2.05) is 44.2 Å². The number of carboxylic acids is 1. The van der Waals surface area contributed by atoms with Gasteiger partial charge in [0.25, 0.3) is 0 Å². The average molecular weight is 420 g/mol. The molecule has 0 aliphatic heterocycles. The maximum absolute atomic E-state index is 12.7. The number of carboxylic acid groups (broad SMARTS) is 1. The Bertz CT molecular complexity index is 1060. The molecular weight excluding hydrogens is 398 g/mol. The minimum absolute atomic E-state index is 0.362. The highest BCUT2D eigenvalue weighted by atomic mass is 35.5. The number of aliphatic carboxylic acids is 1. The van der Waals surface area contributed by atoms with Crippen LogP contribution in [0.4, 0.5) is 0 Å². The molecule has 0 saturated heterocycles. The molecule has 3 aromatic rings. The molecule has 2 unspecified atom stereocenters. The molecule has 4 nitrogen and oxygen atoms in total. The molecule has 3 aromatic carbocycles. The van der Waals surface area contributed by atoms with Crippen molar-refractivity contribution in [1.29, 1.82) is 5.26 Å². The van der Waals surface area contributed by atoms with E-state index in [1.54, 1.807) is 48.5 Å². The minimum atomic E-state index is -1.45. The summed E-state index contributed by atoms with van der Waals surface area (Å²) in [7, 11) is 0. The first-order chi connectivity index (χ1) is 14.4. The number of rotatable bonds is 7. The standard InChI is InChI=1S/C25H22ClNO3/c1-17(2)25(24(28)29,19-11-13-20(26)14-12-19)23(16-27)18-7-6-10-22(15-18)30-21-8-4-3-5-9-21/h3-15,17,23H,1-2H3,(H,28,29). The van der Waals surface area contributed by atoms with Gasteiger partial charge in [-0.2, -0.15) is 5.26 Å². The van der Waals surface area contributed by atoms with Crippen LogP contribution in [0.2, 0.25) is 5.02 Å². The smallest absolute Gasteiger partial charge is 0.316 e. The van der Waals surface area contributed by atoms with Gasteiger partial charge in [0.1, 0.15) is 16.9 Å². The monoisotopic (exact) mass is 419 g/mol. The third-order valence-corrected chi connectivity index (χ3v) is 5.59. The van der Waals surface area contributed by atoms with Crippen molar-refractivity contribution in [3.8, 4) is 17.6 Å². The highest BCUT2D eigenvalue weighted by Crippen LogP contribution is 2.46. The van der Waals surface area contributed by atoms with Crippen LogP contribution < -0.4 is 4.74 Å². The van der Waals surface area contributed by atoms with Gasteiger partial charge < -0.3 is 9.84 Å². The van der Waals surface area contributed by atoms with Gasteiger partial charge in [-0.3, -0.25) is 4.79 Å². The fourth-order valence-corrected chi connectivity index (χ4v) is 4.00. The van der Waals surface area contributed by atoms with Gasteiger partial charge in [0.05, 0.1) is 12.0 Å². The lowest BCUT2D eigenvalue weighted by Gasteiger charge is -2.38. The fourth-order valence-electron chi connectivity index (χ4n) is 3.87. The molecular formula is C25H22ClNO3. The Morgan fingerprint density at radius 1 is 1.00 bits per heavy atom. The second-order valence-corrected chi connectivity index (χ2v) is 7.82. The summed E-state index contributed by atoms with van der Waals surface area (Å²) >= 11 is 6.02. The quantitative estimate of drug-likeness (QED) is 0.479. The van der Waals surface area contributed by atoms with Crippen molar-refractivity contribution in [2.24, 2.45) is 5.92 Å². The van der Waals surface area contributed by atoms with Gasteiger partial charge in [-0.25, -0.2) is 0 Å². The Hall–Kier alpha value is -3.29. The largest absolute Gasteiger partial charge is 0.481 e. The zero-order valence-corrected chi connectivity index (χ0v) is 17.5. The van der Waals surface area contributed by atoms with E-state index in [9.17, 15) is 15.2 Å². The summed E-state index contributed by atoms with van der Waals surface area (Å²) in [6.07, 6.45) is 0.